The van der Waals surface area contributed by atoms with Crippen LogP contribution >= 0.6 is 11.6 Å². The van der Waals surface area contributed by atoms with Gasteiger partial charge in [0.25, 0.3) is 0 Å². The third-order valence-corrected chi connectivity index (χ3v) is 5.17. The van der Waals surface area contributed by atoms with Gasteiger partial charge in [-0.25, -0.2) is 13.4 Å². The molecule has 20 heavy (non-hydrogen) atoms. The van der Waals surface area contributed by atoms with Gasteiger partial charge in [0.2, 0.25) is 15.9 Å². The topological polar surface area (TPSA) is 79.4 Å². The zero-order valence-electron chi connectivity index (χ0n) is 10.3. The maximum atomic E-state index is 12.4. The van der Waals surface area contributed by atoms with Gasteiger partial charge in [0.15, 0.2) is 0 Å². The van der Waals surface area contributed by atoms with Crippen molar-refractivity contribution < 1.29 is 13.2 Å². The molecule has 0 unspecified atom stereocenters. The molecule has 0 spiro atoms. The summed E-state index contributed by atoms with van der Waals surface area (Å²) in [7, 11) is -2.21. The first kappa shape index (κ1) is 16.9. The van der Waals surface area contributed by atoms with E-state index in [0.717, 1.165) is 0 Å². The van der Waals surface area contributed by atoms with Crippen molar-refractivity contribution in [3.8, 4) is 0 Å². The van der Waals surface area contributed by atoms with Crippen LogP contribution in [0.25, 0.3) is 0 Å². The van der Waals surface area contributed by atoms with Crippen LogP contribution in [0.1, 0.15) is 20.3 Å². The summed E-state index contributed by atoms with van der Waals surface area (Å²) in [6.07, 6.45) is 2.40. The van der Waals surface area contributed by atoms with Crippen molar-refractivity contribution in [3.63, 3.8) is 0 Å². The van der Waals surface area contributed by atoms with Crippen LogP contribution in [0.4, 0.5) is 0 Å². The smallest absolute Gasteiger partial charge is 0.245 e. The summed E-state index contributed by atoms with van der Waals surface area (Å²) in [6, 6.07) is 2.16. The maximum absolute atomic E-state index is 12.4. The van der Waals surface area contributed by atoms with Gasteiger partial charge in [0.1, 0.15) is 16.1 Å². The van der Waals surface area contributed by atoms with Gasteiger partial charge < -0.3 is 5.32 Å². The molecule has 1 aliphatic heterocycles. The molecule has 1 N–H and O–H groups in total. The highest BCUT2D eigenvalue weighted by Crippen LogP contribution is 2.26. The Kier molecular flexibility index (Phi) is 5.50. The highest BCUT2D eigenvalue weighted by atomic mass is 35.5. The zero-order valence-corrected chi connectivity index (χ0v) is 11.9. The predicted molar refractivity (Wildman–Crippen MR) is 77.0 cm³/mol. The van der Waals surface area contributed by atoms with Crippen LogP contribution in [0, 0.1) is 0 Å². The minimum absolute atomic E-state index is 0. The number of likely N-dealkylation sites (N-methyl/N-ethyl adjacent to an activating group) is 1. The van der Waals surface area contributed by atoms with Crippen molar-refractivity contribution in [1.82, 2.24) is 14.6 Å². The van der Waals surface area contributed by atoms with Gasteiger partial charge in [-0.1, -0.05) is 19.0 Å². The van der Waals surface area contributed by atoms with Crippen molar-refractivity contribution >= 4 is 27.5 Å². The normalized spacial score (nSPS) is 19.4. The van der Waals surface area contributed by atoms with E-state index in [9.17, 15) is 13.2 Å². The summed E-state index contributed by atoms with van der Waals surface area (Å²) in [6.45, 7) is 0.336. The SMILES string of the molecule is C.CNC(=O)[C@@H]1CCCN1S(=O)(=O)c1ccc(Cl)nc1. The van der Waals surface area contributed by atoms with E-state index >= 15 is 0 Å². The fraction of sp³-hybridized carbons (Fsp3) is 0.500. The van der Waals surface area contributed by atoms with E-state index < -0.39 is 16.1 Å². The lowest BCUT2D eigenvalue weighted by Crippen LogP contribution is -2.44. The molecule has 1 aliphatic rings. The van der Waals surface area contributed by atoms with Crippen LogP contribution in [0.3, 0.4) is 0 Å². The number of nitrogens with one attached hydrogen (secondary N) is 1. The lowest BCUT2D eigenvalue weighted by Gasteiger charge is -2.22. The van der Waals surface area contributed by atoms with E-state index in [4.69, 9.17) is 11.6 Å². The number of rotatable bonds is 3. The monoisotopic (exact) mass is 319 g/mol. The van der Waals surface area contributed by atoms with Crippen LogP contribution in [0.15, 0.2) is 23.2 Å². The van der Waals surface area contributed by atoms with Crippen molar-refractivity contribution in [2.24, 2.45) is 0 Å². The molecular formula is C12H18ClN3O3S. The third-order valence-electron chi connectivity index (χ3n) is 3.06. The van der Waals surface area contributed by atoms with Crippen molar-refractivity contribution in [2.75, 3.05) is 13.6 Å². The number of halogens is 1. The van der Waals surface area contributed by atoms with E-state index in [1.807, 2.05) is 0 Å². The van der Waals surface area contributed by atoms with Crippen molar-refractivity contribution in [2.45, 2.75) is 31.2 Å². The number of aromatic nitrogens is 1. The van der Waals surface area contributed by atoms with E-state index in [0.29, 0.717) is 19.4 Å². The van der Waals surface area contributed by atoms with Gasteiger partial charge >= 0.3 is 0 Å². The summed E-state index contributed by atoms with van der Waals surface area (Å²) < 4.78 is 26.1. The van der Waals surface area contributed by atoms with Crippen LogP contribution in [-0.2, 0) is 14.8 Å². The summed E-state index contributed by atoms with van der Waals surface area (Å²) in [5.74, 6) is -0.289. The number of nitrogens with zero attached hydrogens (tertiary/aromatic N) is 2. The van der Waals surface area contributed by atoms with Gasteiger partial charge in [0, 0.05) is 19.8 Å². The fourth-order valence-corrected chi connectivity index (χ4v) is 3.82. The molecule has 1 saturated heterocycles. The first-order chi connectivity index (χ1) is 8.96. The average Bonchev–Trinajstić information content (AvgIpc) is 2.88. The summed E-state index contributed by atoms with van der Waals surface area (Å²) in [5.41, 5.74) is 0. The number of amides is 1. The average molecular weight is 320 g/mol. The van der Waals surface area contributed by atoms with E-state index in [1.165, 1.54) is 29.7 Å². The highest BCUT2D eigenvalue weighted by Gasteiger charge is 2.39. The molecule has 1 atom stereocenters. The number of sulfonamides is 1. The molecule has 1 aromatic heterocycles. The Bertz CT molecular complexity index is 574. The molecule has 6 nitrogen and oxygen atoms in total. The maximum Gasteiger partial charge on any atom is 0.245 e. The molecule has 2 rings (SSSR count). The van der Waals surface area contributed by atoms with Gasteiger partial charge in [0.05, 0.1) is 0 Å². The number of carbonyl (C=O) groups excluding carboxylic acids is 1. The molecular weight excluding hydrogens is 302 g/mol. The minimum Gasteiger partial charge on any atom is -0.358 e. The van der Waals surface area contributed by atoms with E-state index in [-0.39, 0.29) is 23.4 Å². The summed E-state index contributed by atoms with van der Waals surface area (Å²) >= 11 is 5.64. The molecule has 8 heteroatoms. The van der Waals surface area contributed by atoms with Crippen LogP contribution in [0.5, 0.6) is 0 Å². The largest absolute Gasteiger partial charge is 0.358 e. The Balaban J connectivity index is 0.00000200. The van der Waals surface area contributed by atoms with Crippen molar-refractivity contribution in [3.05, 3.63) is 23.5 Å². The lowest BCUT2D eigenvalue weighted by molar-refractivity contribution is -0.123. The first-order valence-electron chi connectivity index (χ1n) is 5.82. The van der Waals surface area contributed by atoms with E-state index in [2.05, 4.69) is 10.3 Å². The molecule has 1 amide bonds. The molecule has 0 bridgehead atoms. The number of carbonyl (C=O) groups is 1. The minimum atomic E-state index is -3.71. The second kappa shape index (κ2) is 6.51. The molecule has 0 saturated carbocycles. The molecule has 1 aromatic rings. The Morgan fingerprint density at radius 2 is 2.20 bits per heavy atom. The Morgan fingerprint density at radius 1 is 1.50 bits per heavy atom. The highest BCUT2D eigenvalue weighted by molar-refractivity contribution is 7.89. The molecule has 1 fully saturated rings. The summed E-state index contributed by atoms with van der Waals surface area (Å²) in [5, 5.41) is 2.71. The summed E-state index contributed by atoms with van der Waals surface area (Å²) in [4.78, 5) is 15.5. The van der Waals surface area contributed by atoms with Crippen LogP contribution in [-0.4, -0.2) is 43.2 Å². The quantitative estimate of drug-likeness (QED) is 0.851. The van der Waals surface area contributed by atoms with Crippen LogP contribution < -0.4 is 5.32 Å². The first-order valence-corrected chi connectivity index (χ1v) is 7.63. The van der Waals surface area contributed by atoms with Gasteiger partial charge in [-0.3, -0.25) is 4.79 Å². The van der Waals surface area contributed by atoms with Crippen molar-refractivity contribution in [1.29, 1.82) is 0 Å². The van der Waals surface area contributed by atoms with E-state index in [1.54, 1.807) is 0 Å². The number of pyridine rings is 1. The second-order valence-electron chi connectivity index (χ2n) is 4.20. The second-order valence-corrected chi connectivity index (χ2v) is 6.48. The lowest BCUT2D eigenvalue weighted by atomic mass is 10.2. The number of hydrogen-bond donors (Lipinski definition) is 1. The molecule has 0 aromatic carbocycles. The predicted octanol–water partition coefficient (Wildman–Crippen LogP) is 1.27. The van der Waals surface area contributed by atoms with Gasteiger partial charge in [-0.15, -0.1) is 0 Å². The van der Waals surface area contributed by atoms with Gasteiger partial charge in [-0.05, 0) is 25.0 Å². The van der Waals surface area contributed by atoms with Crippen LogP contribution in [0.2, 0.25) is 5.15 Å². The van der Waals surface area contributed by atoms with Gasteiger partial charge in [-0.2, -0.15) is 4.31 Å². The Hall–Kier alpha value is -1.18. The fourth-order valence-electron chi connectivity index (χ4n) is 2.11. The molecule has 0 aliphatic carbocycles. The Labute approximate surface area is 124 Å². The zero-order chi connectivity index (χ0) is 14.0. The number of hydrogen-bond acceptors (Lipinski definition) is 4. The Morgan fingerprint density at radius 3 is 2.75 bits per heavy atom. The molecule has 0 radical (unpaired) electrons. The molecule has 112 valence electrons. The standard InChI is InChI=1S/C11H14ClN3O3S.CH4/c1-13-11(16)9-3-2-6-15(9)19(17,18)8-4-5-10(12)14-7-8;/h4-5,7,9H,2-3,6H2,1H3,(H,13,16);1H4/t9-;/m0./s1. The third kappa shape index (κ3) is 3.11. The molecule has 2 heterocycles.